The maximum absolute atomic E-state index is 3.35. The van der Waals surface area contributed by atoms with Crippen LogP contribution in [0, 0.1) is 0 Å². The molecule has 1 heterocycles. The first-order valence-electron chi connectivity index (χ1n) is 3.44. The van der Waals surface area contributed by atoms with Gasteiger partial charge in [-0.25, -0.2) is 3.11 Å². The summed E-state index contributed by atoms with van der Waals surface area (Å²) in [6.45, 7) is 4.50. The number of nitrogens with one attached hydrogen (secondary N) is 1. The molecule has 54 valence electrons. The second-order valence-corrected chi connectivity index (χ2v) is 3.79. The summed E-state index contributed by atoms with van der Waals surface area (Å²) in [7, 11) is 0. The Kier molecular flexibility index (Phi) is 3.21. The van der Waals surface area contributed by atoms with Crippen LogP contribution >= 0.6 is 22.9 Å². The molecule has 1 atom stereocenters. The van der Waals surface area contributed by atoms with Crippen LogP contribution in [-0.4, -0.2) is 22.4 Å². The van der Waals surface area contributed by atoms with Gasteiger partial charge in [0.05, 0.1) is 6.67 Å². The Morgan fingerprint density at radius 1 is 1.67 bits per heavy atom. The van der Waals surface area contributed by atoms with E-state index in [1.54, 1.807) is 0 Å². The molecule has 1 aliphatic rings. The SMILES string of the molecule is CC1CCCNCN1I. The van der Waals surface area contributed by atoms with Gasteiger partial charge in [0.15, 0.2) is 0 Å². The average Bonchev–Trinajstić information content (AvgIpc) is 1.99. The van der Waals surface area contributed by atoms with Crippen molar-refractivity contribution < 1.29 is 0 Å². The van der Waals surface area contributed by atoms with Crippen LogP contribution < -0.4 is 5.32 Å². The molecule has 1 unspecified atom stereocenters. The van der Waals surface area contributed by atoms with Gasteiger partial charge in [-0.05, 0) is 26.3 Å². The van der Waals surface area contributed by atoms with Crippen molar-refractivity contribution in [3.8, 4) is 0 Å². The van der Waals surface area contributed by atoms with Gasteiger partial charge in [0.2, 0.25) is 0 Å². The fourth-order valence-corrected chi connectivity index (χ4v) is 1.52. The van der Waals surface area contributed by atoms with E-state index in [1.165, 1.54) is 19.4 Å². The molecule has 0 amide bonds. The lowest BCUT2D eigenvalue weighted by Crippen LogP contribution is -2.28. The summed E-state index contributed by atoms with van der Waals surface area (Å²) in [6, 6.07) is 0.751. The van der Waals surface area contributed by atoms with Gasteiger partial charge in [0.1, 0.15) is 0 Å². The molecule has 1 rings (SSSR count). The number of hydrogen-bond donors (Lipinski definition) is 1. The zero-order chi connectivity index (χ0) is 6.69. The summed E-state index contributed by atoms with van der Waals surface area (Å²) in [5.41, 5.74) is 0. The van der Waals surface area contributed by atoms with Crippen LogP contribution in [0.15, 0.2) is 0 Å². The van der Waals surface area contributed by atoms with Crippen molar-refractivity contribution in [3.63, 3.8) is 0 Å². The highest BCUT2D eigenvalue weighted by Gasteiger charge is 2.12. The van der Waals surface area contributed by atoms with E-state index in [9.17, 15) is 0 Å². The molecule has 0 aliphatic carbocycles. The lowest BCUT2D eigenvalue weighted by atomic mass is 10.2. The van der Waals surface area contributed by atoms with E-state index >= 15 is 0 Å². The van der Waals surface area contributed by atoms with Gasteiger partial charge in [-0.15, -0.1) is 0 Å². The van der Waals surface area contributed by atoms with Crippen molar-refractivity contribution in [2.75, 3.05) is 13.2 Å². The third-order valence-electron chi connectivity index (χ3n) is 1.72. The van der Waals surface area contributed by atoms with E-state index in [0.717, 1.165) is 12.7 Å². The Morgan fingerprint density at radius 2 is 2.44 bits per heavy atom. The first kappa shape index (κ1) is 7.75. The van der Waals surface area contributed by atoms with E-state index in [-0.39, 0.29) is 0 Å². The van der Waals surface area contributed by atoms with Crippen molar-refractivity contribution >= 4 is 22.9 Å². The van der Waals surface area contributed by atoms with Gasteiger partial charge in [0.25, 0.3) is 0 Å². The molecule has 1 fully saturated rings. The minimum Gasteiger partial charge on any atom is -0.304 e. The molecule has 0 aromatic rings. The lowest BCUT2D eigenvalue weighted by molar-refractivity contribution is 0.399. The van der Waals surface area contributed by atoms with Crippen molar-refractivity contribution in [3.05, 3.63) is 0 Å². The number of nitrogens with zero attached hydrogens (tertiary/aromatic N) is 1. The first-order chi connectivity index (χ1) is 4.30. The Bertz CT molecular complexity index is 77.1. The van der Waals surface area contributed by atoms with Crippen LogP contribution in [0.2, 0.25) is 0 Å². The molecule has 0 saturated carbocycles. The highest BCUT2D eigenvalue weighted by atomic mass is 127. The summed E-state index contributed by atoms with van der Waals surface area (Å²) < 4.78 is 2.32. The van der Waals surface area contributed by atoms with Gasteiger partial charge in [-0.2, -0.15) is 0 Å². The highest BCUT2D eigenvalue weighted by Crippen LogP contribution is 2.12. The summed E-state index contributed by atoms with van der Waals surface area (Å²) in [6.07, 6.45) is 2.65. The van der Waals surface area contributed by atoms with Gasteiger partial charge < -0.3 is 5.32 Å². The Labute approximate surface area is 70.5 Å². The second-order valence-electron chi connectivity index (χ2n) is 2.55. The average molecular weight is 240 g/mol. The quantitative estimate of drug-likeness (QED) is 0.508. The minimum absolute atomic E-state index is 0.751. The Morgan fingerprint density at radius 3 is 3.22 bits per heavy atom. The number of hydrogen-bond acceptors (Lipinski definition) is 2. The van der Waals surface area contributed by atoms with Gasteiger partial charge in [-0.1, -0.05) is 0 Å². The molecule has 0 aromatic carbocycles. The Hall–Kier alpha value is 0.650. The first-order valence-corrected chi connectivity index (χ1v) is 4.40. The summed E-state index contributed by atoms with van der Waals surface area (Å²) in [5.74, 6) is 0. The van der Waals surface area contributed by atoms with Crippen molar-refractivity contribution in [2.24, 2.45) is 0 Å². The molecule has 0 radical (unpaired) electrons. The highest BCUT2D eigenvalue weighted by molar-refractivity contribution is 14.1. The van der Waals surface area contributed by atoms with Gasteiger partial charge in [0, 0.05) is 28.9 Å². The van der Waals surface area contributed by atoms with E-state index in [0.29, 0.717) is 0 Å². The van der Waals surface area contributed by atoms with Gasteiger partial charge in [-0.3, -0.25) is 0 Å². The zero-order valence-electron chi connectivity index (χ0n) is 5.73. The Balaban J connectivity index is 2.32. The topological polar surface area (TPSA) is 15.3 Å². The molecule has 1 saturated heterocycles. The zero-order valence-corrected chi connectivity index (χ0v) is 7.89. The molecular formula is C6H13IN2. The van der Waals surface area contributed by atoms with Crippen molar-refractivity contribution in [1.29, 1.82) is 0 Å². The molecule has 1 aliphatic heterocycles. The van der Waals surface area contributed by atoms with Crippen LogP contribution in [0.1, 0.15) is 19.8 Å². The number of halogens is 1. The molecule has 3 heteroatoms. The number of rotatable bonds is 0. The smallest absolute Gasteiger partial charge is 0.0576 e. The standard InChI is InChI=1S/C6H13IN2/c1-6-3-2-4-8-5-9(6)7/h6,8H,2-5H2,1H3. The monoisotopic (exact) mass is 240 g/mol. The minimum atomic E-state index is 0.751. The van der Waals surface area contributed by atoms with Crippen LogP contribution in [0.4, 0.5) is 0 Å². The predicted octanol–water partition coefficient (Wildman–Crippen LogP) is 1.37. The van der Waals surface area contributed by atoms with E-state index in [2.05, 4.69) is 38.2 Å². The molecule has 9 heavy (non-hydrogen) atoms. The maximum atomic E-state index is 3.35. The van der Waals surface area contributed by atoms with Crippen molar-refractivity contribution in [1.82, 2.24) is 8.43 Å². The third-order valence-corrected chi connectivity index (χ3v) is 3.01. The third kappa shape index (κ3) is 2.39. The fourth-order valence-electron chi connectivity index (χ4n) is 1.00. The predicted molar refractivity (Wildman–Crippen MR) is 47.4 cm³/mol. The van der Waals surface area contributed by atoms with Crippen LogP contribution in [-0.2, 0) is 0 Å². The van der Waals surface area contributed by atoms with Gasteiger partial charge >= 0.3 is 0 Å². The molecule has 0 spiro atoms. The molecular weight excluding hydrogens is 227 g/mol. The maximum Gasteiger partial charge on any atom is 0.0576 e. The van der Waals surface area contributed by atoms with E-state index in [4.69, 9.17) is 0 Å². The van der Waals surface area contributed by atoms with Crippen LogP contribution in [0.3, 0.4) is 0 Å². The summed E-state index contributed by atoms with van der Waals surface area (Å²) >= 11 is 2.38. The second kappa shape index (κ2) is 3.73. The summed E-state index contributed by atoms with van der Waals surface area (Å²) in [5, 5.41) is 3.35. The summed E-state index contributed by atoms with van der Waals surface area (Å²) in [4.78, 5) is 0. The van der Waals surface area contributed by atoms with E-state index < -0.39 is 0 Å². The lowest BCUT2D eigenvalue weighted by Gasteiger charge is -2.17. The fraction of sp³-hybridized carbons (Fsp3) is 1.00. The molecule has 0 aromatic heterocycles. The van der Waals surface area contributed by atoms with Crippen LogP contribution in [0.25, 0.3) is 0 Å². The normalized spacial score (nSPS) is 32.0. The molecule has 2 nitrogen and oxygen atoms in total. The van der Waals surface area contributed by atoms with E-state index in [1.807, 2.05) is 0 Å². The van der Waals surface area contributed by atoms with Crippen LogP contribution in [0.5, 0.6) is 0 Å². The largest absolute Gasteiger partial charge is 0.304 e. The molecule has 1 N–H and O–H groups in total. The van der Waals surface area contributed by atoms with Crippen molar-refractivity contribution in [2.45, 2.75) is 25.8 Å². The molecule has 0 bridgehead atoms.